The minimum absolute atomic E-state index is 0.0865. The summed E-state index contributed by atoms with van der Waals surface area (Å²) in [6.07, 6.45) is 2.87. The number of nitrogens with one attached hydrogen (secondary N) is 3. The first kappa shape index (κ1) is 11.6. The zero-order valence-electron chi connectivity index (χ0n) is 10.1. The summed E-state index contributed by atoms with van der Waals surface area (Å²) in [6.45, 7) is 2.71. The average Bonchev–Trinajstić information content (AvgIpc) is 2.74. The van der Waals surface area contributed by atoms with Crippen molar-refractivity contribution in [3.63, 3.8) is 0 Å². The molecule has 6 nitrogen and oxygen atoms in total. The third-order valence-electron chi connectivity index (χ3n) is 2.85. The summed E-state index contributed by atoms with van der Waals surface area (Å²) in [5.74, 6) is 1.74. The van der Waals surface area contributed by atoms with Crippen LogP contribution in [-0.2, 0) is 11.2 Å². The number of amides is 1. The molecule has 3 N–H and O–H groups in total. The van der Waals surface area contributed by atoms with Crippen LogP contribution in [0.25, 0.3) is 0 Å². The van der Waals surface area contributed by atoms with Crippen LogP contribution in [0.3, 0.4) is 0 Å². The minimum atomic E-state index is 0.0865. The average molecular weight is 235 g/mol. The number of carbonyl (C=O) groups excluding carboxylic acids is 1. The molecule has 92 valence electrons. The van der Waals surface area contributed by atoms with Gasteiger partial charge in [0.15, 0.2) is 0 Å². The number of anilines is 2. The molecule has 1 aliphatic rings. The molecule has 17 heavy (non-hydrogen) atoms. The van der Waals surface area contributed by atoms with E-state index in [1.165, 1.54) is 6.33 Å². The largest absolute Gasteiger partial charge is 0.373 e. The molecule has 2 rings (SSSR count). The third kappa shape index (κ3) is 2.46. The molecule has 1 aromatic rings. The molecule has 0 bridgehead atoms. The Balaban J connectivity index is 2.17. The fraction of sp³-hybridized carbons (Fsp3) is 0.545. The molecule has 1 atom stereocenters. The van der Waals surface area contributed by atoms with Gasteiger partial charge in [0.2, 0.25) is 5.91 Å². The molecule has 1 unspecified atom stereocenters. The molecular weight excluding hydrogens is 218 g/mol. The highest BCUT2D eigenvalue weighted by molar-refractivity contribution is 5.79. The van der Waals surface area contributed by atoms with Gasteiger partial charge in [-0.3, -0.25) is 4.79 Å². The highest BCUT2D eigenvalue weighted by Crippen LogP contribution is 2.21. The van der Waals surface area contributed by atoms with Gasteiger partial charge in [-0.1, -0.05) is 6.92 Å². The zero-order chi connectivity index (χ0) is 12.3. The Bertz CT molecular complexity index is 420. The Morgan fingerprint density at radius 1 is 1.47 bits per heavy atom. The van der Waals surface area contributed by atoms with Crippen LogP contribution >= 0.6 is 0 Å². The van der Waals surface area contributed by atoms with Crippen molar-refractivity contribution in [3.8, 4) is 0 Å². The van der Waals surface area contributed by atoms with Crippen molar-refractivity contribution in [2.45, 2.75) is 25.8 Å². The van der Waals surface area contributed by atoms with Gasteiger partial charge < -0.3 is 16.0 Å². The Labute approximate surface area is 100 Å². The van der Waals surface area contributed by atoms with Gasteiger partial charge in [-0.2, -0.15) is 0 Å². The Morgan fingerprint density at radius 3 is 2.82 bits per heavy atom. The van der Waals surface area contributed by atoms with E-state index in [0.29, 0.717) is 13.0 Å². The van der Waals surface area contributed by atoms with E-state index in [2.05, 4.69) is 32.8 Å². The molecule has 1 fully saturated rings. The van der Waals surface area contributed by atoms with Crippen molar-refractivity contribution in [3.05, 3.63) is 11.9 Å². The third-order valence-corrected chi connectivity index (χ3v) is 2.85. The molecule has 1 aliphatic heterocycles. The van der Waals surface area contributed by atoms with Crippen LogP contribution < -0.4 is 16.0 Å². The molecule has 0 aliphatic carbocycles. The lowest BCUT2D eigenvalue weighted by molar-refractivity contribution is -0.119. The van der Waals surface area contributed by atoms with Gasteiger partial charge in [0.05, 0.1) is 6.04 Å². The van der Waals surface area contributed by atoms with Crippen molar-refractivity contribution in [1.82, 2.24) is 15.3 Å². The number of rotatable bonds is 4. The van der Waals surface area contributed by atoms with Crippen LogP contribution in [0.5, 0.6) is 0 Å². The maximum absolute atomic E-state index is 11.1. The van der Waals surface area contributed by atoms with E-state index in [9.17, 15) is 4.79 Å². The highest BCUT2D eigenvalue weighted by atomic mass is 16.1. The molecule has 1 amide bonds. The summed E-state index contributed by atoms with van der Waals surface area (Å²) in [4.78, 5) is 19.5. The molecule has 6 heteroatoms. The van der Waals surface area contributed by atoms with Crippen molar-refractivity contribution < 1.29 is 4.79 Å². The van der Waals surface area contributed by atoms with E-state index < -0.39 is 0 Å². The molecule has 0 aromatic carbocycles. The summed E-state index contributed by atoms with van der Waals surface area (Å²) in [7, 11) is 1.84. The number of aromatic nitrogens is 2. The Kier molecular flexibility index (Phi) is 3.41. The lowest BCUT2D eigenvalue weighted by Crippen LogP contribution is -2.24. The van der Waals surface area contributed by atoms with E-state index in [1.54, 1.807) is 0 Å². The van der Waals surface area contributed by atoms with Crippen molar-refractivity contribution in [2.24, 2.45) is 0 Å². The second-order valence-electron chi connectivity index (χ2n) is 4.00. The molecule has 1 saturated heterocycles. The standard InChI is InChI=1S/C11H17N5O/c1-3-8-10(12-2)14-6-15-11(8)16-7-4-9(17)13-5-7/h6-7H,3-5H2,1-2H3,(H,13,17)(H2,12,14,15,16). The fourth-order valence-electron chi connectivity index (χ4n) is 1.99. The van der Waals surface area contributed by atoms with E-state index >= 15 is 0 Å². The van der Waals surface area contributed by atoms with E-state index in [4.69, 9.17) is 0 Å². The summed E-state index contributed by atoms with van der Waals surface area (Å²) in [5, 5.41) is 9.13. The van der Waals surface area contributed by atoms with Crippen LogP contribution in [0, 0.1) is 0 Å². The maximum atomic E-state index is 11.1. The smallest absolute Gasteiger partial charge is 0.222 e. The number of hydrogen-bond donors (Lipinski definition) is 3. The SMILES string of the molecule is CCc1c(NC)ncnc1NC1CNC(=O)C1. The fourth-order valence-corrected chi connectivity index (χ4v) is 1.99. The monoisotopic (exact) mass is 235 g/mol. The highest BCUT2D eigenvalue weighted by Gasteiger charge is 2.22. The van der Waals surface area contributed by atoms with Gasteiger partial charge in [-0.05, 0) is 6.42 Å². The predicted molar refractivity (Wildman–Crippen MR) is 66.0 cm³/mol. The van der Waals surface area contributed by atoms with Crippen LogP contribution in [0.4, 0.5) is 11.6 Å². The van der Waals surface area contributed by atoms with Crippen LogP contribution in [0.2, 0.25) is 0 Å². The number of carbonyl (C=O) groups is 1. The lowest BCUT2D eigenvalue weighted by Gasteiger charge is -2.15. The van der Waals surface area contributed by atoms with Gasteiger partial charge >= 0.3 is 0 Å². The van der Waals surface area contributed by atoms with Crippen molar-refractivity contribution in [1.29, 1.82) is 0 Å². The number of hydrogen-bond acceptors (Lipinski definition) is 5. The first-order chi connectivity index (χ1) is 8.24. The van der Waals surface area contributed by atoms with Gasteiger partial charge in [-0.15, -0.1) is 0 Å². The maximum Gasteiger partial charge on any atom is 0.222 e. The molecule has 0 radical (unpaired) electrons. The van der Waals surface area contributed by atoms with Crippen LogP contribution in [-0.4, -0.2) is 35.5 Å². The predicted octanol–water partition coefficient (Wildman–Crippen LogP) is 0.381. The van der Waals surface area contributed by atoms with Crippen LogP contribution in [0.1, 0.15) is 18.9 Å². The summed E-state index contributed by atoms with van der Waals surface area (Å²) >= 11 is 0. The van der Waals surface area contributed by atoms with E-state index in [-0.39, 0.29) is 11.9 Å². The molecule has 0 saturated carbocycles. The summed E-state index contributed by atoms with van der Waals surface area (Å²) < 4.78 is 0. The summed E-state index contributed by atoms with van der Waals surface area (Å²) in [6, 6.07) is 0.118. The molecule has 1 aromatic heterocycles. The van der Waals surface area contributed by atoms with Crippen molar-refractivity contribution in [2.75, 3.05) is 24.2 Å². The van der Waals surface area contributed by atoms with Gasteiger partial charge in [0, 0.05) is 25.6 Å². The van der Waals surface area contributed by atoms with Crippen molar-refractivity contribution >= 4 is 17.5 Å². The normalized spacial score (nSPS) is 18.9. The second-order valence-corrected chi connectivity index (χ2v) is 4.00. The summed E-state index contributed by atoms with van der Waals surface area (Å²) in [5.41, 5.74) is 1.05. The first-order valence-electron chi connectivity index (χ1n) is 5.79. The molecule has 0 spiro atoms. The van der Waals surface area contributed by atoms with E-state index in [1.807, 2.05) is 7.05 Å². The quantitative estimate of drug-likeness (QED) is 0.703. The minimum Gasteiger partial charge on any atom is -0.373 e. The number of nitrogens with zero attached hydrogens (tertiary/aromatic N) is 2. The topological polar surface area (TPSA) is 78.9 Å². The van der Waals surface area contributed by atoms with Gasteiger partial charge in [-0.25, -0.2) is 9.97 Å². The van der Waals surface area contributed by atoms with Gasteiger partial charge in [0.1, 0.15) is 18.0 Å². The van der Waals surface area contributed by atoms with E-state index in [0.717, 1.165) is 23.6 Å². The lowest BCUT2D eigenvalue weighted by atomic mass is 10.2. The first-order valence-corrected chi connectivity index (χ1v) is 5.79. The van der Waals surface area contributed by atoms with Gasteiger partial charge in [0.25, 0.3) is 0 Å². The molecular formula is C11H17N5O. The molecule has 2 heterocycles. The zero-order valence-corrected chi connectivity index (χ0v) is 10.1. The Morgan fingerprint density at radius 2 is 2.24 bits per heavy atom. The second kappa shape index (κ2) is 4.99. The van der Waals surface area contributed by atoms with Crippen LogP contribution in [0.15, 0.2) is 6.33 Å². The Hall–Kier alpha value is -1.85.